The summed E-state index contributed by atoms with van der Waals surface area (Å²) in [5.41, 5.74) is 7.38. The zero-order valence-electron chi connectivity index (χ0n) is 14.8. The van der Waals surface area contributed by atoms with E-state index in [1.807, 2.05) is 0 Å². The van der Waals surface area contributed by atoms with Crippen LogP contribution in [0.3, 0.4) is 0 Å². The summed E-state index contributed by atoms with van der Waals surface area (Å²) in [6, 6.07) is 10.7. The third-order valence-corrected chi connectivity index (χ3v) is 4.73. The highest BCUT2D eigenvalue weighted by Crippen LogP contribution is 2.15. The highest BCUT2D eigenvalue weighted by molar-refractivity contribution is 14.0. The van der Waals surface area contributed by atoms with Gasteiger partial charge in [0.05, 0.1) is 13.2 Å². The second kappa shape index (κ2) is 10.8. The van der Waals surface area contributed by atoms with E-state index in [4.69, 9.17) is 10.5 Å². The van der Waals surface area contributed by atoms with Crippen LogP contribution in [0.15, 0.2) is 35.3 Å². The number of morpholine rings is 1. The number of hydrogen-bond acceptors (Lipinski definition) is 4. The van der Waals surface area contributed by atoms with Crippen LogP contribution in [0.4, 0.5) is 5.69 Å². The summed E-state index contributed by atoms with van der Waals surface area (Å²) < 4.78 is 5.33. The van der Waals surface area contributed by atoms with Crippen molar-refractivity contribution < 1.29 is 4.74 Å². The highest BCUT2D eigenvalue weighted by Gasteiger charge is 2.16. The first-order valence-electron chi connectivity index (χ1n) is 8.98. The number of para-hydroxylation sites is 1. The van der Waals surface area contributed by atoms with E-state index in [0.29, 0.717) is 5.96 Å². The maximum atomic E-state index is 6.05. The number of nitrogens with zero attached hydrogens (tertiary/aromatic N) is 4. The molecular formula is C18H30IN5O. The molecule has 25 heavy (non-hydrogen) atoms. The largest absolute Gasteiger partial charge is 0.378 e. The smallest absolute Gasteiger partial charge is 0.191 e. The Hall–Kier alpha value is -1.06. The summed E-state index contributed by atoms with van der Waals surface area (Å²) in [5.74, 6) is 0.673. The topological polar surface area (TPSA) is 57.3 Å². The van der Waals surface area contributed by atoms with Crippen molar-refractivity contribution in [2.45, 2.75) is 6.42 Å². The lowest BCUT2D eigenvalue weighted by Crippen LogP contribution is -2.47. The Morgan fingerprint density at radius 2 is 1.68 bits per heavy atom. The van der Waals surface area contributed by atoms with Gasteiger partial charge in [-0.2, -0.15) is 0 Å². The van der Waals surface area contributed by atoms with Gasteiger partial charge < -0.3 is 20.3 Å². The third kappa shape index (κ3) is 6.31. The van der Waals surface area contributed by atoms with E-state index >= 15 is 0 Å². The minimum absolute atomic E-state index is 0. The summed E-state index contributed by atoms with van der Waals surface area (Å²) in [6.07, 6.45) is 1.07. The summed E-state index contributed by atoms with van der Waals surface area (Å²) >= 11 is 0. The lowest BCUT2D eigenvalue weighted by Gasteiger charge is -2.36. The lowest BCUT2D eigenvalue weighted by atomic mass is 10.2. The van der Waals surface area contributed by atoms with Gasteiger partial charge in [-0.25, -0.2) is 0 Å². The number of hydrogen-bond donors (Lipinski definition) is 1. The Morgan fingerprint density at radius 1 is 1.00 bits per heavy atom. The highest BCUT2D eigenvalue weighted by atomic mass is 127. The van der Waals surface area contributed by atoms with Gasteiger partial charge in [0.15, 0.2) is 5.96 Å². The van der Waals surface area contributed by atoms with Gasteiger partial charge in [-0.1, -0.05) is 18.2 Å². The first kappa shape index (κ1) is 20.3. The normalized spacial score (nSPS) is 19.6. The van der Waals surface area contributed by atoms with Crippen LogP contribution in [-0.4, -0.2) is 81.3 Å². The minimum Gasteiger partial charge on any atom is -0.378 e. The van der Waals surface area contributed by atoms with Gasteiger partial charge in [0.1, 0.15) is 0 Å². The molecule has 0 radical (unpaired) electrons. The molecule has 7 heteroatoms. The second-order valence-corrected chi connectivity index (χ2v) is 6.36. The average Bonchev–Trinajstić information content (AvgIpc) is 2.67. The van der Waals surface area contributed by atoms with Crippen molar-refractivity contribution in [1.29, 1.82) is 0 Å². The van der Waals surface area contributed by atoms with E-state index in [9.17, 15) is 0 Å². The van der Waals surface area contributed by atoms with Gasteiger partial charge >= 0.3 is 0 Å². The molecule has 140 valence electrons. The zero-order chi connectivity index (χ0) is 16.6. The molecule has 6 nitrogen and oxygen atoms in total. The molecule has 2 N–H and O–H groups in total. The van der Waals surface area contributed by atoms with Crippen LogP contribution in [0.1, 0.15) is 6.42 Å². The van der Waals surface area contributed by atoms with E-state index in [0.717, 1.165) is 72.0 Å². The number of halogens is 1. The van der Waals surface area contributed by atoms with Crippen molar-refractivity contribution in [3.8, 4) is 0 Å². The molecular weight excluding hydrogens is 429 g/mol. The predicted octanol–water partition coefficient (Wildman–Crippen LogP) is 1.46. The molecule has 2 heterocycles. The van der Waals surface area contributed by atoms with Gasteiger partial charge in [-0.3, -0.25) is 9.89 Å². The van der Waals surface area contributed by atoms with E-state index in [2.05, 4.69) is 50.0 Å². The Labute approximate surface area is 168 Å². The van der Waals surface area contributed by atoms with Gasteiger partial charge in [0.25, 0.3) is 0 Å². The van der Waals surface area contributed by atoms with Crippen LogP contribution < -0.4 is 10.6 Å². The zero-order valence-corrected chi connectivity index (χ0v) is 17.2. The molecule has 1 aromatic carbocycles. The number of benzene rings is 1. The first-order chi connectivity index (χ1) is 11.8. The molecule has 0 atom stereocenters. The molecule has 0 aliphatic carbocycles. The van der Waals surface area contributed by atoms with Crippen molar-refractivity contribution in [3.05, 3.63) is 30.3 Å². The van der Waals surface area contributed by atoms with Crippen molar-refractivity contribution in [2.75, 3.05) is 70.5 Å². The Balaban J connectivity index is 0.00000225. The van der Waals surface area contributed by atoms with E-state index < -0.39 is 0 Å². The second-order valence-electron chi connectivity index (χ2n) is 6.36. The Kier molecular flexibility index (Phi) is 8.77. The number of nitrogens with two attached hydrogens (primary N) is 1. The maximum absolute atomic E-state index is 6.05. The van der Waals surface area contributed by atoms with Crippen molar-refractivity contribution >= 4 is 35.6 Å². The lowest BCUT2D eigenvalue weighted by molar-refractivity contribution is 0.0674. The molecule has 0 bridgehead atoms. The standard InChI is InChI=1S/C18H29N5O.HI/c19-18(23-13-15-24-16-14-23)20-7-4-8-21-9-11-22(12-10-21)17-5-2-1-3-6-17;/h1-3,5-6H,4,7-16H2,(H2,19,20);1H. The summed E-state index contributed by atoms with van der Waals surface area (Å²) in [6.45, 7) is 9.57. The molecule has 3 rings (SSSR count). The molecule has 0 spiro atoms. The molecule has 2 aliphatic rings. The van der Waals surface area contributed by atoms with Crippen LogP contribution in [-0.2, 0) is 4.74 Å². The van der Waals surface area contributed by atoms with Crippen LogP contribution in [0.5, 0.6) is 0 Å². The fraction of sp³-hybridized carbons (Fsp3) is 0.611. The number of piperazine rings is 1. The van der Waals surface area contributed by atoms with E-state index in [1.54, 1.807) is 0 Å². The van der Waals surface area contributed by atoms with Crippen LogP contribution in [0.2, 0.25) is 0 Å². The van der Waals surface area contributed by atoms with Crippen LogP contribution in [0, 0.1) is 0 Å². The molecule has 0 aromatic heterocycles. The quantitative estimate of drug-likeness (QED) is 0.313. The van der Waals surface area contributed by atoms with Crippen LogP contribution in [0.25, 0.3) is 0 Å². The van der Waals surface area contributed by atoms with Crippen molar-refractivity contribution in [1.82, 2.24) is 9.80 Å². The number of ether oxygens (including phenoxy) is 1. The number of anilines is 1. The fourth-order valence-corrected chi connectivity index (χ4v) is 3.25. The molecule has 2 fully saturated rings. The molecule has 2 saturated heterocycles. The molecule has 0 amide bonds. The van der Waals surface area contributed by atoms with Gasteiger partial charge in [0.2, 0.25) is 0 Å². The molecule has 1 aromatic rings. The Morgan fingerprint density at radius 3 is 2.36 bits per heavy atom. The predicted molar refractivity (Wildman–Crippen MR) is 114 cm³/mol. The SMILES string of the molecule is I.NC(=NCCCN1CCN(c2ccccc2)CC1)N1CCOCC1. The molecule has 2 aliphatic heterocycles. The molecule has 0 saturated carbocycles. The average molecular weight is 459 g/mol. The van der Waals surface area contributed by atoms with Crippen molar-refractivity contribution in [3.63, 3.8) is 0 Å². The van der Waals surface area contributed by atoms with Gasteiger partial charge in [-0.05, 0) is 18.6 Å². The summed E-state index contributed by atoms with van der Waals surface area (Å²) in [7, 11) is 0. The maximum Gasteiger partial charge on any atom is 0.191 e. The van der Waals surface area contributed by atoms with E-state index in [1.165, 1.54) is 5.69 Å². The number of rotatable bonds is 5. The Bertz CT molecular complexity index is 513. The van der Waals surface area contributed by atoms with E-state index in [-0.39, 0.29) is 24.0 Å². The third-order valence-electron chi connectivity index (χ3n) is 4.73. The minimum atomic E-state index is 0. The summed E-state index contributed by atoms with van der Waals surface area (Å²) in [5, 5.41) is 0. The fourth-order valence-electron chi connectivity index (χ4n) is 3.25. The van der Waals surface area contributed by atoms with Crippen LogP contribution >= 0.6 is 24.0 Å². The van der Waals surface area contributed by atoms with Gasteiger partial charge in [0, 0.05) is 58.0 Å². The monoisotopic (exact) mass is 459 g/mol. The number of aliphatic imine (C=N–C) groups is 1. The first-order valence-corrected chi connectivity index (χ1v) is 8.98. The molecule has 0 unspecified atom stereocenters. The van der Waals surface area contributed by atoms with Crippen molar-refractivity contribution in [2.24, 2.45) is 10.7 Å². The van der Waals surface area contributed by atoms with Gasteiger partial charge in [-0.15, -0.1) is 24.0 Å². The number of guanidine groups is 1. The summed E-state index contributed by atoms with van der Waals surface area (Å²) in [4.78, 5) is 11.6.